The second-order valence-electron chi connectivity index (χ2n) is 8.39. The molecular formula is C24H32. The highest BCUT2D eigenvalue weighted by molar-refractivity contribution is 5.86. The first-order valence-electron chi connectivity index (χ1n) is 10.4. The maximum atomic E-state index is 2.48. The first-order valence-corrected chi connectivity index (χ1v) is 10.4. The molecule has 0 unspecified atom stereocenters. The van der Waals surface area contributed by atoms with Crippen molar-refractivity contribution in [1.82, 2.24) is 0 Å². The average Bonchev–Trinajstić information content (AvgIpc) is 2.63. The Morgan fingerprint density at radius 2 is 1.33 bits per heavy atom. The molecule has 0 amide bonds. The van der Waals surface area contributed by atoms with Crippen LogP contribution in [-0.4, -0.2) is 0 Å². The van der Waals surface area contributed by atoms with E-state index in [-0.39, 0.29) is 0 Å². The summed E-state index contributed by atoms with van der Waals surface area (Å²) >= 11 is 0. The van der Waals surface area contributed by atoms with Crippen LogP contribution in [-0.2, 0) is 12.8 Å². The third kappa shape index (κ3) is 3.85. The largest absolute Gasteiger partial charge is 0.0614 e. The molecule has 2 aromatic rings. The Morgan fingerprint density at radius 3 is 2.04 bits per heavy atom. The first kappa shape index (κ1) is 16.2. The lowest BCUT2D eigenvalue weighted by molar-refractivity contribution is 0.356. The van der Waals surface area contributed by atoms with E-state index in [0.717, 1.165) is 11.8 Å². The van der Waals surface area contributed by atoms with Gasteiger partial charge in [-0.3, -0.25) is 0 Å². The van der Waals surface area contributed by atoms with Crippen molar-refractivity contribution in [3.8, 4) is 0 Å². The van der Waals surface area contributed by atoms with Gasteiger partial charge in [-0.2, -0.15) is 0 Å². The molecule has 24 heavy (non-hydrogen) atoms. The molecule has 4 rings (SSSR count). The summed E-state index contributed by atoms with van der Waals surface area (Å²) in [5, 5.41) is 2.98. The SMILES string of the molecule is c1cc(CC2CCCCC2)c2ccc(CC3CCCCC3)cc2c1. The second kappa shape index (κ2) is 7.72. The fourth-order valence-electron chi connectivity index (χ4n) is 5.13. The summed E-state index contributed by atoms with van der Waals surface area (Å²) in [6, 6.07) is 14.3. The molecule has 0 heterocycles. The standard InChI is InChI=1S/C24H32/c1-3-8-19(9-4-1)16-21-14-15-24-22(12-7-13-23(24)18-21)17-20-10-5-2-6-11-20/h7,12-15,18-20H,1-6,8-11,16-17H2. The Balaban J connectivity index is 1.51. The summed E-state index contributed by atoms with van der Waals surface area (Å²) in [6.07, 6.45) is 17.1. The predicted octanol–water partition coefficient (Wildman–Crippen LogP) is 7.09. The smallest absolute Gasteiger partial charge is 0.0152 e. The lowest BCUT2D eigenvalue weighted by Gasteiger charge is -2.23. The molecule has 0 aliphatic heterocycles. The molecule has 2 saturated carbocycles. The van der Waals surface area contributed by atoms with Gasteiger partial charge in [0.2, 0.25) is 0 Å². The topological polar surface area (TPSA) is 0 Å². The summed E-state index contributed by atoms with van der Waals surface area (Å²) in [6.45, 7) is 0. The minimum absolute atomic E-state index is 0.922. The molecular weight excluding hydrogens is 288 g/mol. The van der Waals surface area contributed by atoms with Crippen molar-refractivity contribution < 1.29 is 0 Å². The molecule has 0 N–H and O–H groups in total. The van der Waals surface area contributed by atoms with E-state index in [4.69, 9.17) is 0 Å². The maximum absolute atomic E-state index is 2.48. The highest BCUT2D eigenvalue weighted by Crippen LogP contribution is 2.31. The van der Waals surface area contributed by atoms with Crippen LogP contribution in [0.15, 0.2) is 36.4 Å². The van der Waals surface area contributed by atoms with E-state index in [9.17, 15) is 0 Å². The minimum atomic E-state index is 0.922. The quantitative estimate of drug-likeness (QED) is 0.564. The average molecular weight is 321 g/mol. The van der Waals surface area contributed by atoms with Gasteiger partial charge in [-0.15, -0.1) is 0 Å². The van der Waals surface area contributed by atoms with E-state index in [1.54, 1.807) is 11.1 Å². The molecule has 0 aromatic heterocycles. The van der Waals surface area contributed by atoms with Crippen LogP contribution >= 0.6 is 0 Å². The highest BCUT2D eigenvalue weighted by Gasteiger charge is 2.16. The van der Waals surface area contributed by atoms with Gasteiger partial charge in [0.15, 0.2) is 0 Å². The number of benzene rings is 2. The van der Waals surface area contributed by atoms with Gasteiger partial charge < -0.3 is 0 Å². The van der Waals surface area contributed by atoms with Crippen molar-refractivity contribution in [1.29, 1.82) is 0 Å². The van der Waals surface area contributed by atoms with Crippen LogP contribution in [0.5, 0.6) is 0 Å². The minimum Gasteiger partial charge on any atom is -0.0614 e. The van der Waals surface area contributed by atoms with Crippen LogP contribution < -0.4 is 0 Å². The molecule has 2 fully saturated rings. The molecule has 2 aliphatic rings. The van der Waals surface area contributed by atoms with Gasteiger partial charge in [0.25, 0.3) is 0 Å². The molecule has 0 radical (unpaired) electrons. The molecule has 2 aromatic carbocycles. The van der Waals surface area contributed by atoms with Gasteiger partial charge in [-0.05, 0) is 46.6 Å². The molecule has 2 aliphatic carbocycles. The molecule has 128 valence electrons. The third-order valence-electron chi connectivity index (χ3n) is 6.52. The Bertz CT molecular complexity index is 657. The maximum Gasteiger partial charge on any atom is -0.0152 e. The van der Waals surface area contributed by atoms with E-state index in [1.165, 1.54) is 87.8 Å². The van der Waals surface area contributed by atoms with Gasteiger partial charge in [0.05, 0.1) is 0 Å². The number of hydrogen-bond acceptors (Lipinski definition) is 0. The number of fused-ring (bicyclic) bond motifs is 1. The van der Waals surface area contributed by atoms with Crippen LogP contribution in [0.2, 0.25) is 0 Å². The Labute approximate surface area is 147 Å². The van der Waals surface area contributed by atoms with E-state index in [0.29, 0.717) is 0 Å². The number of rotatable bonds is 4. The van der Waals surface area contributed by atoms with Gasteiger partial charge in [0.1, 0.15) is 0 Å². The third-order valence-corrected chi connectivity index (χ3v) is 6.52. The van der Waals surface area contributed by atoms with E-state index < -0.39 is 0 Å². The predicted molar refractivity (Wildman–Crippen MR) is 105 cm³/mol. The van der Waals surface area contributed by atoms with Crippen LogP contribution in [0.3, 0.4) is 0 Å². The van der Waals surface area contributed by atoms with Crippen molar-refractivity contribution in [2.24, 2.45) is 11.8 Å². The number of hydrogen-bond donors (Lipinski definition) is 0. The Kier molecular flexibility index (Phi) is 5.21. The van der Waals surface area contributed by atoms with Crippen molar-refractivity contribution in [3.05, 3.63) is 47.5 Å². The summed E-state index contributed by atoms with van der Waals surface area (Å²) in [4.78, 5) is 0. The van der Waals surface area contributed by atoms with Gasteiger partial charge in [-0.1, -0.05) is 101 Å². The van der Waals surface area contributed by atoms with Gasteiger partial charge >= 0.3 is 0 Å². The van der Waals surface area contributed by atoms with Crippen molar-refractivity contribution >= 4 is 10.8 Å². The van der Waals surface area contributed by atoms with Gasteiger partial charge in [0, 0.05) is 0 Å². The monoisotopic (exact) mass is 320 g/mol. The zero-order valence-electron chi connectivity index (χ0n) is 15.1. The van der Waals surface area contributed by atoms with Crippen LogP contribution in [0.25, 0.3) is 10.8 Å². The van der Waals surface area contributed by atoms with Crippen molar-refractivity contribution in [3.63, 3.8) is 0 Å². The first-order chi connectivity index (χ1) is 11.9. The van der Waals surface area contributed by atoms with Gasteiger partial charge in [-0.25, -0.2) is 0 Å². The zero-order chi connectivity index (χ0) is 16.2. The van der Waals surface area contributed by atoms with Crippen molar-refractivity contribution in [2.45, 2.75) is 77.0 Å². The normalized spacial score (nSPS) is 20.5. The summed E-state index contributed by atoms with van der Waals surface area (Å²) < 4.78 is 0. The molecule has 0 saturated heterocycles. The molecule has 0 spiro atoms. The summed E-state index contributed by atoms with van der Waals surface area (Å²) in [5.41, 5.74) is 3.15. The molecule has 0 nitrogen and oxygen atoms in total. The zero-order valence-corrected chi connectivity index (χ0v) is 15.1. The molecule has 0 heteroatoms. The lowest BCUT2D eigenvalue weighted by atomic mass is 9.83. The fourth-order valence-corrected chi connectivity index (χ4v) is 5.13. The van der Waals surface area contributed by atoms with Crippen LogP contribution in [0.1, 0.15) is 75.3 Å². The summed E-state index contributed by atoms with van der Waals surface area (Å²) in [7, 11) is 0. The molecule has 0 bridgehead atoms. The van der Waals surface area contributed by atoms with Crippen LogP contribution in [0, 0.1) is 11.8 Å². The van der Waals surface area contributed by atoms with E-state index in [2.05, 4.69) is 36.4 Å². The fraction of sp³-hybridized carbons (Fsp3) is 0.583. The Hall–Kier alpha value is -1.30. The summed E-state index contributed by atoms with van der Waals surface area (Å²) in [5.74, 6) is 1.85. The highest BCUT2D eigenvalue weighted by atomic mass is 14.2. The second-order valence-corrected chi connectivity index (χ2v) is 8.39. The van der Waals surface area contributed by atoms with Crippen molar-refractivity contribution in [2.75, 3.05) is 0 Å². The lowest BCUT2D eigenvalue weighted by Crippen LogP contribution is -2.10. The van der Waals surface area contributed by atoms with E-state index in [1.807, 2.05) is 0 Å². The molecule has 0 atom stereocenters. The Morgan fingerprint density at radius 1 is 0.667 bits per heavy atom. The van der Waals surface area contributed by atoms with E-state index >= 15 is 0 Å². The van der Waals surface area contributed by atoms with Crippen LogP contribution in [0.4, 0.5) is 0 Å².